The van der Waals surface area contributed by atoms with E-state index in [1.54, 1.807) is 30.3 Å². The molecule has 0 aliphatic rings. The molecule has 0 bridgehead atoms. The van der Waals surface area contributed by atoms with E-state index in [1.165, 1.54) is 25.7 Å². The molecule has 0 aromatic heterocycles. The topological polar surface area (TPSA) is 43.4 Å². The van der Waals surface area contributed by atoms with Gasteiger partial charge < -0.3 is 1.43 Å². The Morgan fingerprint density at radius 1 is 0.950 bits per heavy atom. The van der Waals surface area contributed by atoms with E-state index in [0.29, 0.717) is 0 Å². The fourth-order valence-corrected chi connectivity index (χ4v) is 2.85. The molecule has 3 nitrogen and oxygen atoms in total. The Balaban J connectivity index is 0. The summed E-state index contributed by atoms with van der Waals surface area (Å²) in [5.74, 6) is 0. The van der Waals surface area contributed by atoms with Gasteiger partial charge in [0.2, 0.25) is 0 Å². The predicted molar refractivity (Wildman–Crippen MR) is 78.7 cm³/mol. The van der Waals surface area contributed by atoms with Crippen LogP contribution < -0.4 is 29.6 Å². The van der Waals surface area contributed by atoms with Gasteiger partial charge in [0.25, 0.3) is 10.1 Å². The molecule has 0 heterocycles. The summed E-state index contributed by atoms with van der Waals surface area (Å²) < 4.78 is 28.6. The Morgan fingerprint density at radius 3 is 2.10 bits per heavy atom. The van der Waals surface area contributed by atoms with E-state index >= 15 is 0 Å². The molecule has 1 aromatic carbocycles. The van der Waals surface area contributed by atoms with Gasteiger partial charge in [-0.2, -0.15) is 8.42 Å². The van der Waals surface area contributed by atoms with E-state index in [9.17, 15) is 8.42 Å². The summed E-state index contributed by atoms with van der Waals surface area (Å²) in [5.41, 5.74) is 0. The summed E-state index contributed by atoms with van der Waals surface area (Å²) in [6.45, 7) is 2.48. The summed E-state index contributed by atoms with van der Waals surface area (Å²) in [7, 11) is -3.56. The molecule has 0 fully saturated rings. The van der Waals surface area contributed by atoms with Crippen molar-refractivity contribution in [3.63, 3.8) is 0 Å². The largest absolute Gasteiger partial charge is 1.00 e. The maximum absolute atomic E-state index is 11.8. The molecule has 5 heteroatoms. The first kappa shape index (κ1) is 20.1. The van der Waals surface area contributed by atoms with Crippen LogP contribution in [0.5, 0.6) is 0 Å². The SMILES string of the molecule is CCCCCCCCCOS(=O)(=O)c1ccccc1.[H-].[Na+]. The van der Waals surface area contributed by atoms with Crippen LogP contribution in [0, 0.1) is 0 Å². The first-order chi connectivity index (χ1) is 9.17. The minimum atomic E-state index is -3.56. The number of benzene rings is 1. The molecule has 0 spiro atoms. The first-order valence-electron chi connectivity index (χ1n) is 7.11. The van der Waals surface area contributed by atoms with Gasteiger partial charge in [0.1, 0.15) is 0 Å². The maximum Gasteiger partial charge on any atom is 1.00 e. The number of unbranched alkanes of at least 4 members (excludes halogenated alkanes) is 6. The second-order valence-electron chi connectivity index (χ2n) is 4.71. The average Bonchev–Trinajstić information content (AvgIpc) is 2.43. The molecule has 20 heavy (non-hydrogen) atoms. The molecule has 0 amide bonds. The zero-order valence-electron chi connectivity index (χ0n) is 13.7. The Morgan fingerprint density at radius 2 is 1.50 bits per heavy atom. The van der Waals surface area contributed by atoms with Crippen molar-refractivity contribution < 1.29 is 43.6 Å². The fraction of sp³-hybridized carbons (Fsp3) is 0.600. The molecule has 1 aromatic rings. The van der Waals surface area contributed by atoms with Gasteiger partial charge in [-0.3, -0.25) is 4.18 Å². The molecule has 0 radical (unpaired) electrons. The van der Waals surface area contributed by atoms with Gasteiger partial charge in [0.15, 0.2) is 0 Å². The monoisotopic (exact) mass is 308 g/mol. The van der Waals surface area contributed by atoms with E-state index in [0.717, 1.165) is 19.3 Å². The van der Waals surface area contributed by atoms with Crippen LogP contribution in [0.25, 0.3) is 0 Å². The first-order valence-corrected chi connectivity index (χ1v) is 8.52. The summed E-state index contributed by atoms with van der Waals surface area (Å²) in [6, 6.07) is 8.30. The summed E-state index contributed by atoms with van der Waals surface area (Å²) in [5, 5.41) is 0. The van der Waals surface area contributed by atoms with Crippen molar-refractivity contribution in [1.82, 2.24) is 0 Å². The molecule has 0 aliphatic heterocycles. The van der Waals surface area contributed by atoms with Crippen LogP contribution in [0.15, 0.2) is 35.2 Å². The van der Waals surface area contributed by atoms with Crippen LogP contribution in [-0.2, 0) is 14.3 Å². The Kier molecular flexibility index (Phi) is 11.8. The Bertz CT molecular complexity index is 437. The molecule has 0 saturated heterocycles. The number of hydrogen-bond donors (Lipinski definition) is 0. The smallest absolute Gasteiger partial charge is 1.00 e. The average molecular weight is 308 g/mol. The molecule has 0 saturated carbocycles. The van der Waals surface area contributed by atoms with E-state index < -0.39 is 10.1 Å². The van der Waals surface area contributed by atoms with Crippen molar-refractivity contribution in [1.29, 1.82) is 0 Å². The molecule has 0 N–H and O–H groups in total. The van der Waals surface area contributed by atoms with E-state index in [2.05, 4.69) is 6.92 Å². The molecule has 110 valence electrons. The van der Waals surface area contributed by atoms with Gasteiger partial charge in [0.05, 0.1) is 11.5 Å². The minimum absolute atomic E-state index is 0. The molecular formula is C15H25NaO3S. The predicted octanol–water partition coefficient (Wildman–Crippen LogP) is 1.26. The third-order valence-corrected chi connectivity index (χ3v) is 4.34. The van der Waals surface area contributed by atoms with Gasteiger partial charge in [-0.25, -0.2) is 0 Å². The Hall–Kier alpha value is 0.130. The van der Waals surface area contributed by atoms with Crippen LogP contribution in [0.4, 0.5) is 0 Å². The van der Waals surface area contributed by atoms with E-state index in [1.807, 2.05) is 0 Å². The van der Waals surface area contributed by atoms with Gasteiger partial charge >= 0.3 is 29.6 Å². The molecule has 0 unspecified atom stereocenters. The van der Waals surface area contributed by atoms with Crippen LogP contribution in [0.2, 0.25) is 0 Å². The van der Waals surface area contributed by atoms with Gasteiger partial charge in [0, 0.05) is 0 Å². The minimum Gasteiger partial charge on any atom is -1.00 e. The third-order valence-electron chi connectivity index (χ3n) is 3.02. The van der Waals surface area contributed by atoms with Crippen LogP contribution in [-0.4, -0.2) is 15.0 Å². The fourth-order valence-electron chi connectivity index (χ4n) is 1.88. The molecule has 0 aliphatic carbocycles. The van der Waals surface area contributed by atoms with Gasteiger partial charge in [-0.05, 0) is 18.6 Å². The van der Waals surface area contributed by atoms with Crippen molar-refractivity contribution >= 4 is 10.1 Å². The Labute approximate surface area is 147 Å². The molecule has 1 rings (SSSR count). The second kappa shape index (κ2) is 11.8. The number of hydrogen-bond acceptors (Lipinski definition) is 3. The normalized spacial score (nSPS) is 11.1. The van der Waals surface area contributed by atoms with Crippen molar-refractivity contribution in [2.24, 2.45) is 0 Å². The summed E-state index contributed by atoms with van der Waals surface area (Å²) >= 11 is 0. The standard InChI is InChI=1S/C15H24O3S.Na.H/c1-2-3-4-5-6-7-11-14-18-19(16,17)15-12-9-8-10-13-15;;/h8-10,12-13H,2-7,11,14H2,1H3;;/q;+1;-1. The maximum atomic E-state index is 11.8. The quantitative estimate of drug-likeness (QED) is 0.371. The van der Waals surface area contributed by atoms with Crippen molar-refractivity contribution in [2.75, 3.05) is 6.61 Å². The zero-order chi connectivity index (χ0) is 14.0. The van der Waals surface area contributed by atoms with Crippen LogP contribution in [0.3, 0.4) is 0 Å². The van der Waals surface area contributed by atoms with E-state index in [4.69, 9.17) is 4.18 Å². The molecular weight excluding hydrogens is 283 g/mol. The zero-order valence-corrected chi connectivity index (χ0v) is 15.5. The van der Waals surface area contributed by atoms with Crippen molar-refractivity contribution in [3.8, 4) is 0 Å². The number of rotatable bonds is 10. The van der Waals surface area contributed by atoms with Gasteiger partial charge in [-0.1, -0.05) is 63.6 Å². The van der Waals surface area contributed by atoms with Crippen LogP contribution >= 0.6 is 0 Å². The second-order valence-corrected chi connectivity index (χ2v) is 6.33. The summed E-state index contributed by atoms with van der Waals surface area (Å²) in [6.07, 6.45) is 8.05. The summed E-state index contributed by atoms with van der Waals surface area (Å²) in [4.78, 5) is 0.234. The van der Waals surface area contributed by atoms with Crippen molar-refractivity contribution in [2.45, 2.75) is 56.8 Å². The van der Waals surface area contributed by atoms with E-state index in [-0.39, 0.29) is 42.5 Å². The van der Waals surface area contributed by atoms with Crippen molar-refractivity contribution in [3.05, 3.63) is 30.3 Å². The van der Waals surface area contributed by atoms with Crippen LogP contribution in [0.1, 0.15) is 53.3 Å². The van der Waals surface area contributed by atoms with Gasteiger partial charge in [-0.15, -0.1) is 0 Å². The molecule has 0 atom stereocenters. The third kappa shape index (κ3) is 8.42.